The number of aryl methyl sites for hydroxylation is 1. The lowest BCUT2D eigenvalue weighted by Crippen LogP contribution is -2.00. The van der Waals surface area contributed by atoms with Crippen molar-refractivity contribution in [3.8, 4) is 11.8 Å². The Hall–Kier alpha value is -1.58. The molecule has 2 aromatic rings. The largest absolute Gasteiger partial charge is 0.495 e. The molecule has 1 aromatic carbocycles. The summed E-state index contributed by atoms with van der Waals surface area (Å²) in [4.78, 5) is 4.22. The second-order valence-electron chi connectivity index (χ2n) is 4.05. The van der Waals surface area contributed by atoms with Gasteiger partial charge in [0, 0.05) is 16.7 Å². The fourth-order valence-electron chi connectivity index (χ4n) is 1.70. The molecule has 4 nitrogen and oxygen atoms in total. The predicted molar refractivity (Wildman–Crippen MR) is 85.4 cm³/mol. The first kappa shape index (κ1) is 14.8. The van der Waals surface area contributed by atoms with E-state index in [1.54, 1.807) is 19.4 Å². The van der Waals surface area contributed by atoms with Crippen molar-refractivity contribution >= 4 is 43.4 Å². The lowest BCUT2D eigenvalue weighted by Gasteiger charge is -2.12. The van der Waals surface area contributed by atoms with Crippen LogP contribution in [0.2, 0.25) is 0 Å². The zero-order chi connectivity index (χ0) is 14.7. The zero-order valence-corrected chi connectivity index (χ0v) is 14.0. The molecule has 102 valence electrons. The molecule has 6 heteroatoms. The van der Waals surface area contributed by atoms with Crippen molar-refractivity contribution in [2.75, 3.05) is 12.4 Å². The molecule has 0 radical (unpaired) electrons. The summed E-state index contributed by atoms with van der Waals surface area (Å²) < 4.78 is 6.95. The van der Waals surface area contributed by atoms with E-state index in [2.05, 4.69) is 48.2 Å². The number of aromatic nitrogens is 1. The fourth-order valence-corrected chi connectivity index (χ4v) is 2.96. The number of nitrogens with one attached hydrogen (secondary N) is 1. The summed E-state index contributed by atoms with van der Waals surface area (Å²) in [6.07, 6.45) is 1.67. The number of benzene rings is 1. The van der Waals surface area contributed by atoms with Crippen molar-refractivity contribution in [2.45, 2.75) is 6.92 Å². The minimum absolute atomic E-state index is 0.526. The molecule has 0 aliphatic heterocycles. The topological polar surface area (TPSA) is 57.9 Å². The second-order valence-corrected chi connectivity index (χ2v) is 5.76. The van der Waals surface area contributed by atoms with Crippen LogP contribution in [0.25, 0.3) is 0 Å². The minimum Gasteiger partial charge on any atom is -0.495 e. The molecule has 0 amide bonds. The molecule has 0 aliphatic carbocycles. The highest BCUT2D eigenvalue weighted by molar-refractivity contribution is 9.11. The van der Waals surface area contributed by atoms with Gasteiger partial charge in [-0.25, -0.2) is 4.98 Å². The predicted octanol–water partition coefficient (Wildman–Crippen LogP) is 4.54. The average molecular weight is 397 g/mol. The number of pyridine rings is 1. The van der Waals surface area contributed by atoms with Gasteiger partial charge in [-0.3, -0.25) is 0 Å². The molecule has 0 saturated carbocycles. The van der Waals surface area contributed by atoms with Gasteiger partial charge >= 0.3 is 0 Å². The van der Waals surface area contributed by atoms with Crippen LogP contribution in [0, 0.1) is 18.3 Å². The molecular weight excluding hydrogens is 386 g/mol. The van der Waals surface area contributed by atoms with E-state index in [9.17, 15) is 5.26 Å². The standard InChI is InChI=1S/C14H11Br2N3O/c1-8-3-4-18-14(9(8)7-17)19-12-6-13(20-2)11(16)5-10(12)15/h3-6H,1-2H3,(H,18,19). The van der Waals surface area contributed by atoms with E-state index < -0.39 is 0 Å². The number of methoxy groups -OCH3 is 1. The Morgan fingerprint density at radius 1 is 1.30 bits per heavy atom. The van der Waals surface area contributed by atoms with Gasteiger partial charge in [-0.2, -0.15) is 5.26 Å². The van der Waals surface area contributed by atoms with Crippen molar-refractivity contribution in [3.05, 3.63) is 44.5 Å². The van der Waals surface area contributed by atoms with E-state index in [0.717, 1.165) is 20.2 Å². The fraction of sp³-hybridized carbons (Fsp3) is 0.143. The second kappa shape index (κ2) is 6.25. The van der Waals surface area contributed by atoms with Crippen LogP contribution >= 0.6 is 31.9 Å². The first-order valence-electron chi connectivity index (χ1n) is 5.72. The Morgan fingerprint density at radius 2 is 2.05 bits per heavy atom. The number of anilines is 2. The van der Waals surface area contributed by atoms with Gasteiger partial charge in [0.05, 0.1) is 22.8 Å². The summed E-state index contributed by atoms with van der Waals surface area (Å²) in [5.74, 6) is 1.22. The quantitative estimate of drug-likeness (QED) is 0.827. The maximum atomic E-state index is 9.22. The number of ether oxygens (including phenoxy) is 1. The monoisotopic (exact) mass is 395 g/mol. The molecule has 0 saturated heterocycles. The van der Waals surface area contributed by atoms with E-state index in [0.29, 0.717) is 17.1 Å². The van der Waals surface area contributed by atoms with E-state index in [-0.39, 0.29) is 0 Å². The highest BCUT2D eigenvalue weighted by Gasteiger charge is 2.11. The lowest BCUT2D eigenvalue weighted by atomic mass is 10.1. The van der Waals surface area contributed by atoms with Gasteiger partial charge in [0.1, 0.15) is 17.6 Å². The molecule has 20 heavy (non-hydrogen) atoms. The van der Waals surface area contributed by atoms with Gasteiger partial charge in [0.2, 0.25) is 0 Å². The van der Waals surface area contributed by atoms with Crippen LogP contribution in [0.15, 0.2) is 33.3 Å². The van der Waals surface area contributed by atoms with Crippen molar-refractivity contribution in [1.82, 2.24) is 4.98 Å². The zero-order valence-electron chi connectivity index (χ0n) is 10.9. The molecule has 0 fully saturated rings. The Balaban J connectivity index is 2.46. The smallest absolute Gasteiger partial charge is 0.148 e. The number of hydrogen-bond donors (Lipinski definition) is 1. The van der Waals surface area contributed by atoms with Crippen LogP contribution in [-0.4, -0.2) is 12.1 Å². The number of hydrogen-bond acceptors (Lipinski definition) is 4. The molecule has 2 rings (SSSR count). The highest BCUT2D eigenvalue weighted by atomic mass is 79.9. The van der Waals surface area contributed by atoms with Gasteiger partial charge in [-0.05, 0) is 56.5 Å². The number of halogens is 2. The van der Waals surface area contributed by atoms with E-state index in [4.69, 9.17) is 4.74 Å². The molecule has 1 aromatic heterocycles. The lowest BCUT2D eigenvalue weighted by molar-refractivity contribution is 0.412. The number of nitriles is 1. The molecule has 0 unspecified atom stereocenters. The third-order valence-electron chi connectivity index (χ3n) is 2.77. The first-order chi connectivity index (χ1) is 9.56. The Morgan fingerprint density at radius 3 is 2.70 bits per heavy atom. The summed E-state index contributed by atoms with van der Waals surface area (Å²) in [6.45, 7) is 1.88. The van der Waals surface area contributed by atoms with E-state index in [1.807, 2.05) is 19.1 Å². The third-order valence-corrected chi connectivity index (χ3v) is 4.04. The molecule has 0 spiro atoms. The van der Waals surface area contributed by atoms with Crippen LogP contribution in [0.1, 0.15) is 11.1 Å². The van der Waals surface area contributed by atoms with E-state index >= 15 is 0 Å². The van der Waals surface area contributed by atoms with Gasteiger partial charge in [-0.15, -0.1) is 0 Å². The molecule has 0 bridgehead atoms. The third kappa shape index (κ3) is 2.94. The molecule has 1 heterocycles. The first-order valence-corrected chi connectivity index (χ1v) is 7.31. The molecular formula is C14H11Br2N3O. The summed E-state index contributed by atoms with van der Waals surface area (Å²) in [5, 5.41) is 12.4. The van der Waals surface area contributed by atoms with Crippen LogP contribution < -0.4 is 10.1 Å². The number of nitrogens with zero attached hydrogens (tertiary/aromatic N) is 2. The van der Waals surface area contributed by atoms with Crippen LogP contribution in [0.3, 0.4) is 0 Å². The number of rotatable bonds is 3. The normalized spacial score (nSPS) is 9.95. The van der Waals surface area contributed by atoms with Crippen molar-refractivity contribution < 1.29 is 4.74 Å². The minimum atomic E-state index is 0.526. The Bertz CT molecular complexity index is 696. The summed E-state index contributed by atoms with van der Waals surface area (Å²) in [5.41, 5.74) is 2.19. The molecule has 1 N–H and O–H groups in total. The summed E-state index contributed by atoms with van der Waals surface area (Å²) in [7, 11) is 1.60. The van der Waals surface area contributed by atoms with Crippen molar-refractivity contribution in [3.63, 3.8) is 0 Å². The Kier molecular flexibility index (Phi) is 4.63. The SMILES string of the molecule is COc1cc(Nc2nccc(C)c2C#N)c(Br)cc1Br. The Labute approximate surface area is 134 Å². The van der Waals surface area contributed by atoms with Gasteiger partial charge in [0.15, 0.2) is 0 Å². The van der Waals surface area contributed by atoms with Crippen molar-refractivity contribution in [1.29, 1.82) is 5.26 Å². The molecule has 0 aliphatic rings. The maximum Gasteiger partial charge on any atom is 0.148 e. The van der Waals surface area contributed by atoms with Gasteiger partial charge in [-0.1, -0.05) is 0 Å². The molecule has 0 atom stereocenters. The van der Waals surface area contributed by atoms with Crippen molar-refractivity contribution in [2.24, 2.45) is 0 Å². The van der Waals surface area contributed by atoms with Gasteiger partial charge in [0.25, 0.3) is 0 Å². The van der Waals surface area contributed by atoms with Crippen LogP contribution in [0.4, 0.5) is 11.5 Å². The summed E-state index contributed by atoms with van der Waals surface area (Å²) >= 11 is 6.89. The van der Waals surface area contributed by atoms with E-state index in [1.165, 1.54) is 0 Å². The van der Waals surface area contributed by atoms with Gasteiger partial charge < -0.3 is 10.1 Å². The average Bonchev–Trinajstić information content (AvgIpc) is 2.42. The maximum absolute atomic E-state index is 9.22. The summed E-state index contributed by atoms with van der Waals surface area (Å²) in [6, 6.07) is 7.68. The van der Waals surface area contributed by atoms with Crippen LogP contribution in [-0.2, 0) is 0 Å². The highest BCUT2D eigenvalue weighted by Crippen LogP contribution is 2.36. The van der Waals surface area contributed by atoms with Crippen LogP contribution in [0.5, 0.6) is 5.75 Å².